The molecular formula is C28H24IN3O3. The highest BCUT2D eigenvalue weighted by molar-refractivity contribution is 14.1. The second-order valence-corrected chi connectivity index (χ2v) is 9.28. The largest absolute Gasteiger partial charge is 0.482 e. The number of hydrogen-bond donors (Lipinski definition) is 0. The molecule has 0 aliphatic carbocycles. The van der Waals surface area contributed by atoms with Gasteiger partial charge in [0, 0.05) is 15.9 Å². The van der Waals surface area contributed by atoms with Crippen molar-refractivity contribution in [2.24, 2.45) is 11.1 Å². The van der Waals surface area contributed by atoms with Crippen molar-refractivity contribution >= 4 is 28.3 Å². The number of ether oxygens (including phenoxy) is 2. The van der Waals surface area contributed by atoms with Crippen molar-refractivity contribution in [1.82, 2.24) is 9.97 Å². The molecule has 6 nitrogen and oxygen atoms in total. The first-order chi connectivity index (χ1) is 17.7. The van der Waals surface area contributed by atoms with Crippen molar-refractivity contribution in [2.45, 2.75) is 19.6 Å². The number of oxime groups is 1. The summed E-state index contributed by atoms with van der Waals surface area (Å²) in [7, 11) is 0. The smallest absolute Gasteiger partial charge is 0.260 e. The number of benzene rings is 3. The van der Waals surface area contributed by atoms with Gasteiger partial charge in [-0.25, -0.2) is 4.98 Å². The monoisotopic (exact) mass is 578 g/mol. The van der Waals surface area contributed by atoms with Crippen molar-refractivity contribution in [1.29, 1.82) is 0 Å². The van der Waals surface area contributed by atoms with Gasteiger partial charge >= 0.3 is 0 Å². The van der Waals surface area contributed by atoms with Crippen molar-refractivity contribution in [3.8, 4) is 11.6 Å². The molecule has 0 bridgehead atoms. The summed E-state index contributed by atoms with van der Waals surface area (Å²) in [4.78, 5) is 14.3. The third-order valence-electron chi connectivity index (χ3n) is 5.57. The fourth-order valence-corrected chi connectivity index (χ4v) is 4.13. The van der Waals surface area contributed by atoms with E-state index in [1.165, 1.54) is 6.33 Å². The Balaban J connectivity index is 1.42. The van der Waals surface area contributed by atoms with E-state index in [9.17, 15) is 0 Å². The van der Waals surface area contributed by atoms with Crippen LogP contribution >= 0.6 is 22.6 Å². The van der Waals surface area contributed by atoms with Crippen LogP contribution < -0.4 is 9.47 Å². The van der Waals surface area contributed by atoms with Crippen LogP contribution in [0.3, 0.4) is 0 Å². The average Bonchev–Trinajstić information content (AvgIpc) is 3.28. The lowest BCUT2D eigenvalue weighted by Crippen LogP contribution is -2.19. The fraction of sp³-hybridized carbons (Fsp3) is 0.179. The van der Waals surface area contributed by atoms with Crippen LogP contribution in [0, 0.1) is 9.49 Å². The van der Waals surface area contributed by atoms with Crippen LogP contribution in [0.5, 0.6) is 11.6 Å². The van der Waals surface area contributed by atoms with E-state index in [1.807, 2.05) is 84.9 Å². The maximum Gasteiger partial charge on any atom is 0.260 e. The highest BCUT2D eigenvalue weighted by Crippen LogP contribution is 2.32. The van der Waals surface area contributed by atoms with Crippen LogP contribution in [0.25, 0.3) is 0 Å². The van der Waals surface area contributed by atoms with Crippen molar-refractivity contribution in [3.05, 3.63) is 117 Å². The molecule has 1 aliphatic heterocycles. The second-order valence-electron chi connectivity index (χ2n) is 8.04. The lowest BCUT2D eigenvalue weighted by molar-refractivity contribution is 0.154. The van der Waals surface area contributed by atoms with Crippen LogP contribution in [0.15, 0.2) is 96.4 Å². The summed E-state index contributed by atoms with van der Waals surface area (Å²) in [6.45, 7) is -0.154. The molecule has 2 heterocycles. The third kappa shape index (κ3) is 5.97. The summed E-state index contributed by atoms with van der Waals surface area (Å²) >= 11 is 2.27. The maximum atomic E-state index is 8.46. The Hall–Kier alpha value is -3.46. The quantitative estimate of drug-likeness (QED) is 0.234. The predicted octanol–water partition coefficient (Wildman–Crippen LogP) is 5.83. The van der Waals surface area contributed by atoms with Crippen LogP contribution in [0.1, 0.15) is 23.8 Å². The molecule has 2 unspecified atom stereocenters. The van der Waals surface area contributed by atoms with Gasteiger partial charge in [-0.1, -0.05) is 78.0 Å². The van der Waals surface area contributed by atoms with Gasteiger partial charge in [0.25, 0.3) is 5.88 Å². The number of nitrogens with zero attached hydrogens (tertiary/aromatic N) is 3. The van der Waals surface area contributed by atoms with Crippen LogP contribution in [-0.2, 0) is 24.5 Å². The minimum Gasteiger partial charge on any atom is -0.482 e. The lowest BCUT2D eigenvalue weighted by Gasteiger charge is -2.17. The van der Waals surface area contributed by atoms with Crippen LogP contribution in [0.4, 0.5) is 0 Å². The van der Waals surface area contributed by atoms with Gasteiger partial charge in [-0.2, -0.15) is 4.98 Å². The number of hydrogen-bond acceptors (Lipinski definition) is 6. The summed E-state index contributed by atoms with van der Waals surface area (Å²) in [5, 5.41) is 4.23. The average molecular weight is 578 g/mol. The van der Waals surface area contributed by atoms with Gasteiger partial charge in [0.2, 0.25) is 5.75 Å². The SMILES string of the molecule is [2H]C1ON=C(c2ccc(I)cc2)C1Cc1ncnc(OCc2ccccc2)c1OCc1ccccc1. The highest BCUT2D eigenvalue weighted by Gasteiger charge is 2.28. The minimum atomic E-state index is -0.843. The predicted molar refractivity (Wildman–Crippen MR) is 142 cm³/mol. The van der Waals surface area contributed by atoms with Crippen molar-refractivity contribution in [3.63, 3.8) is 0 Å². The standard InChI is InChI=1S/C28H24IN3O3/c29-24-13-11-22(12-14-24)26-23(18-35-32-26)15-25-27(33-16-20-7-3-1-4-8-20)28(31-19-30-25)34-17-21-9-5-2-6-10-21/h1-14,19,23H,15-18H2/i18D. The molecule has 1 aliphatic rings. The Kier molecular flexibility index (Phi) is 7.12. The zero-order chi connectivity index (χ0) is 24.7. The van der Waals surface area contributed by atoms with Gasteiger partial charge in [0.15, 0.2) is 0 Å². The maximum absolute atomic E-state index is 8.46. The number of halogens is 1. The molecule has 0 amide bonds. The zero-order valence-corrected chi connectivity index (χ0v) is 21.0. The molecule has 0 radical (unpaired) electrons. The summed E-state index contributed by atoms with van der Waals surface area (Å²) < 4.78 is 21.9. The molecule has 2 atom stereocenters. The highest BCUT2D eigenvalue weighted by atomic mass is 127. The molecule has 0 saturated heterocycles. The Bertz CT molecular complexity index is 1320. The van der Waals surface area contributed by atoms with Gasteiger partial charge < -0.3 is 14.3 Å². The van der Waals surface area contributed by atoms with E-state index in [0.29, 0.717) is 37.0 Å². The van der Waals surface area contributed by atoms with Gasteiger partial charge in [0.1, 0.15) is 26.1 Å². The zero-order valence-electron chi connectivity index (χ0n) is 19.9. The first kappa shape index (κ1) is 22.0. The Morgan fingerprint density at radius 2 is 1.51 bits per heavy atom. The third-order valence-corrected chi connectivity index (χ3v) is 6.29. The molecular weight excluding hydrogens is 553 g/mol. The molecule has 0 fully saturated rings. The van der Waals surface area contributed by atoms with Crippen LogP contribution in [0.2, 0.25) is 0 Å². The molecule has 1 aromatic heterocycles. The van der Waals surface area contributed by atoms with E-state index >= 15 is 0 Å². The summed E-state index contributed by atoms with van der Waals surface area (Å²) in [5.74, 6) is 0.521. The fourth-order valence-electron chi connectivity index (χ4n) is 3.77. The molecule has 0 saturated carbocycles. The molecule has 176 valence electrons. The molecule has 0 spiro atoms. The van der Waals surface area contributed by atoms with E-state index in [2.05, 4.69) is 37.7 Å². The van der Waals surface area contributed by atoms with E-state index < -0.39 is 6.58 Å². The Labute approximate surface area is 219 Å². The lowest BCUT2D eigenvalue weighted by atomic mass is 9.93. The summed E-state index contributed by atoms with van der Waals surface area (Å²) in [5.41, 5.74) is 4.34. The van der Waals surface area contributed by atoms with Crippen LogP contribution in [-0.4, -0.2) is 22.3 Å². The van der Waals surface area contributed by atoms with Gasteiger partial charge in [-0.3, -0.25) is 0 Å². The molecule has 3 aromatic carbocycles. The molecule has 7 heteroatoms. The van der Waals surface area contributed by atoms with Gasteiger partial charge in [-0.05, 0) is 51.4 Å². The topological polar surface area (TPSA) is 65.8 Å². The normalized spacial score (nSPS) is 17.3. The van der Waals surface area contributed by atoms with E-state index in [0.717, 1.165) is 26.0 Å². The minimum absolute atomic E-state index is 0.319. The Morgan fingerprint density at radius 3 is 2.20 bits per heavy atom. The van der Waals surface area contributed by atoms with Crippen molar-refractivity contribution < 1.29 is 15.7 Å². The Morgan fingerprint density at radius 1 is 0.857 bits per heavy atom. The number of aromatic nitrogens is 2. The molecule has 5 rings (SSSR count). The van der Waals surface area contributed by atoms with E-state index in [-0.39, 0.29) is 5.92 Å². The van der Waals surface area contributed by atoms with Gasteiger partial charge in [-0.15, -0.1) is 0 Å². The second kappa shape index (κ2) is 11.3. The van der Waals surface area contributed by atoms with E-state index in [4.69, 9.17) is 15.7 Å². The first-order valence-corrected chi connectivity index (χ1v) is 12.3. The number of rotatable bonds is 9. The summed E-state index contributed by atoms with van der Waals surface area (Å²) in [6, 6.07) is 27.8. The van der Waals surface area contributed by atoms with Crippen molar-refractivity contribution in [2.75, 3.05) is 6.58 Å². The first-order valence-electron chi connectivity index (χ1n) is 11.8. The van der Waals surface area contributed by atoms with E-state index in [1.54, 1.807) is 0 Å². The molecule has 35 heavy (non-hydrogen) atoms. The van der Waals surface area contributed by atoms with Gasteiger partial charge in [0.05, 0.1) is 12.8 Å². The molecule has 4 aromatic rings. The molecule has 0 N–H and O–H groups in total. The summed E-state index contributed by atoms with van der Waals surface area (Å²) in [6.07, 6.45) is 1.87.